The average molecular weight is 341 g/mol. The van der Waals surface area contributed by atoms with Gasteiger partial charge in [-0.05, 0) is 62.1 Å². The van der Waals surface area contributed by atoms with Gasteiger partial charge in [-0.3, -0.25) is 4.79 Å². The molecule has 4 heteroatoms. The zero-order chi connectivity index (χ0) is 17.2. The van der Waals surface area contributed by atoms with E-state index >= 15 is 0 Å². The van der Waals surface area contributed by atoms with E-state index in [1.54, 1.807) is 0 Å². The van der Waals surface area contributed by atoms with Crippen molar-refractivity contribution in [2.45, 2.75) is 43.9 Å². The Hall–Kier alpha value is -2.07. The van der Waals surface area contributed by atoms with Gasteiger partial charge in [-0.1, -0.05) is 59.6 Å². The van der Waals surface area contributed by atoms with Crippen LogP contribution in [0.3, 0.4) is 0 Å². The number of hydrogen-bond acceptors (Lipinski definition) is 4. The Bertz CT molecular complexity index is 683. The molecule has 2 aromatic carbocycles. The number of aryl methyl sites for hydroxylation is 2. The molecule has 0 radical (unpaired) electrons. The average Bonchev–Trinajstić information content (AvgIpc) is 2.59. The molecule has 0 amide bonds. The van der Waals surface area contributed by atoms with Crippen molar-refractivity contribution in [1.29, 1.82) is 0 Å². The Labute approximate surface area is 147 Å². The third-order valence-electron chi connectivity index (χ3n) is 3.77. The number of unbranched alkanes of at least 4 members (excludes halogenated alkanes) is 2. The predicted octanol–water partition coefficient (Wildman–Crippen LogP) is 5.25. The van der Waals surface area contributed by atoms with E-state index in [4.69, 9.17) is 5.21 Å². The van der Waals surface area contributed by atoms with E-state index in [0.29, 0.717) is 6.42 Å². The van der Waals surface area contributed by atoms with Gasteiger partial charge < -0.3 is 5.21 Å². The number of hydrogen-bond donors (Lipinski definition) is 1. The second kappa shape index (κ2) is 9.93. The predicted molar refractivity (Wildman–Crippen MR) is 99.9 cm³/mol. The van der Waals surface area contributed by atoms with Crippen LogP contribution < -0.4 is 0 Å². The maximum Gasteiger partial charge on any atom is 0.241 e. The molecule has 0 spiro atoms. The van der Waals surface area contributed by atoms with Crippen LogP contribution >= 0.6 is 11.8 Å². The van der Waals surface area contributed by atoms with E-state index in [0.717, 1.165) is 42.3 Å². The Morgan fingerprint density at radius 2 is 1.83 bits per heavy atom. The second-order valence-corrected chi connectivity index (χ2v) is 6.85. The summed E-state index contributed by atoms with van der Waals surface area (Å²) in [7, 11) is 0. The summed E-state index contributed by atoms with van der Waals surface area (Å²) in [5.74, 6) is 0. The van der Waals surface area contributed by atoms with Crippen LogP contribution in [-0.4, -0.2) is 16.0 Å². The fourth-order valence-electron chi connectivity index (χ4n) is 2.51. The summed E-state index contributed by atoms with van der Waals surface area (Å²) in [6, 6.07) is 18.0. The van der Waals surface area contributed by atoms with Crippen LogP contribution in [0.2, 0.25) is 0 Å². The fourth-order valence-corrected chi connectivity index (χ4v) is 3.28. The third-order valence-corrected chi connectivity index (χ3v) is 4.70. The summed E-state index contributed by atoms with van der Waals surface area (Å²) in [4.78, 5) is 13.0. The van der Waals surface area contributed by atoms with Crippen LogP contribution in [0.15, 0.2) is 64.6 Å². The van der Waals surface area contributed by atoms with E-state index in [1.807, 2.05) is 30.3 Å². The first-order chi connectivity index (χ1) is 11.7. The lowest BCUT2D eigenvalue weighted by molar-refractivity contribution is -0.105. The normalized spacial score (nSPS) is 11.5. The molecule has 0 heterocycles. The number of oxime groups is 1. The molecule has 126 valence electrons. The molecule has 0 aliphatic rings. The van der Waals surface area contributed by atoms with Crippen LogP contribution in [0.1, 0.15) is 36.8 Å². The van der Waals surface area contributed by atoms with E-state index in [9.17, 15) is 4.79 Å². The van der Waals surface area contributed by atoms with E-state index in [2.05, 4.69) is 36.3 Å². The van der Waals surface area contributed by atoms with Crippen molar-refractivity contribution >= 4 is 22.6 Å². The highest BCUT2D eigenvalue weighted by molar-refractivity contribution is 8.15. The quantitative estimate of drug-likeness (QED) is 0.235. The van der Waals surface area contributed by atoms with Gasteiger partial charge in [0.25, 0.3) is 0 Å². The minimum atomic E-state index is -0.178. The molecule has 1 N–H and O–H groups in total. The Morgan fingerprint density at radius 1 is 1.04 bits per heavy atom. The highest BCUT2D eigenvalue weighted by Gasteiger charge is 2.13. The molecule has 0 bridgehead atoms. The lowest BCUT2D eigenvalue weighted by Gasteiger charge is -2.05. The SMILES string of the molecule is Cc1cccc(CCCCC/C(=N/O)C(=O)Sc2ccccc2)c1. The smallest absolute Gasteiger partial charge is 0.241 e. The van der Waals surface area contributed by atoms with Crippen molar-refractivity contribution in [3.05, 3.63) is 65.7 Å². The van der Waals surface area contributed by atoms with Crippen LogP contribution in [0, 0.1) is 6.92 Å². The van der Waals surface area contributed by atoms with Crippen LogP contribution in [0.25, 0.3) is 0 Å². The largest absolute Gasteiger partial charge is 0.411 e. The number of rotatable bonds is 8. The highest BCUT2D eigenvalue weighted by atomic mass is 32.2. The minimum Gasteiger partial charge on any atom is -0.411 e. The van der Waals surface area contributed by atoms with Crippen LogP contribution in [0.4, 0.5) is 0 Å². The summed E-state index contributed by atoms with van der Waals surface area (Å²) >= 11 is 1.11. The second-order valence-electron chi connectivity index (χ2n) is 5.80. The summed E-state index contributed by atoms with van der Waals surface area (Å²) in [5, 5.41) is 12.1. The van der Waals surface area contributed by atoms with Gasteiger partial charge in [-0.2, -0.15) is 0 Å². The maximum atomic E-state index is 12.1. The Balaban J connectivity index is 1.70. The number of nitrogens with zero attached hydrogens (tertiary/aromatic N) is 1. The standard InChI is InChI=1S/C20H23NO2S/c1-16-9-8-11-17(15-16)10-4-2-7-14-19(21-23)20(22)24-18-12-5-3-6-13-18/h3,5-6,8-9,11-13,15,23H,2,4,7,10,14H2,1H3/b21-19-. The fraction of sp³-hybridized carbons (Fsp3) is 0.300. The van der Waals surface area contributed by atoms with Gasteiger partial charge >= 0.3 is 0 Å². The van der Waals surface area contributed by atoms with Crippen molar-refractivity contribution in [3.8, 4) is 0 Å². The van der Waals surface area contributed by atoms with Crippen molar-refractivity contribution < 1.29 is 10.0 Å². The number of carbonyl (C=O) groups is 1. The first kappa shape index (κ1) is 18.3. The van der Waals surface area contributed by atoms with Gasteiger partial charge in [-0.15, -0.1) is 0 Å². The molecule has 0 saturated carbocycles. The first-order valence-electron chi connectivity index (χ1n) is 8.23. The van der Waals surface area contributed by atoms with Gasteiger partial charge in [-0.25, -0.2) is 0 Å². The monoisotopic (exact) mass is 341 g/mol. The zero-order valence-electron chi connectivity index (χ0n) is 13.9. The molecule has 0 saturated heterocycles. The summed E-state index contributed by atoms with van der Waals surface area (Å²) in [6.07, 6.45) is 4.49. The number of carbonyl (C=O) groups excluding carboxylic acids is 1. The third kappa shape index (κ3) is 6.20. The maximum absolute atomic E-state index is 12.1. The van der Waals surface area contributed by atoms with E-state index in [1.165, 1.54) is 11.1 Å². The molecular formula is C20H23NO2S. The number of thioether (sulfide) groups is 1. The van der Waals surface area contributed by atoms with Crippen LogP contribution in [-0.2, 0) is 11.2 Å². The molecule has 0 unspecified atom stereocenters. The van der Waals surface area contributed by atoms with Gasteiger partial charge in [0, 0.05) is 4.90 Å². The summed E-state index contributed by atoms with van der Waals surface area (Å²) in [5.41, 5.74) is 2.88. The molecule has 0 aliphatic heterocycles. The molecule has 2 rings (SSSR count). The first-order valence-corrected chi connectivity index (χ1v) is 9.04. The van der Waals surface area contributed by atoms with Gasteiger partial charge in [0.2, 0.25) is 5.12 Å². The van der Waals surface area contributed by atoms with Crippen molar-refractivity contribution in [3.63, 3.8) is 0 Å². The molecule has 0 fully saturated rings. The number of benzene rings is 2. The minimum absolute atomic E-state index is 0.178. The van der Waals surface area contributed by atoms with E-state index in [-0.39, 0.29) is 10.8 Å². The molecule has 0 aromatic heterocycles. The summed E-state index contributed by atoms with van der Waals surface area (Å²) in [6.45, 7) is 2.10. The van der Waals surface area contributed by atoms with Gasteiger partial charge in [0.1, 0.15) is 5.71 Å². The van der Waals surface area contributed by atoms with Gasteiger partial charge in [0.15, 0.2) is 0 Å². The molecule has 3 nitrogen and oxygen atoms in total. The zero-order valence-corrected chi connectivity index (χ0v) is 14.8. The highest BCUT2D eigenvalue weighted by Crippen LogP contribution is 2.20. The molecule has 0 aliphatic carbocycles. The van der Waals surface area contributed by atoms with Crippen molar-refractivity contribution in [2.75, 3.05) is 0 Å². The molecule has 0 atom stereocenters. The molecular weight excluding hydrogens is 318 g/mol. The summed E-state index contributed by atoms with van der Waals surface area (Å²) < 4.78 is 0. The lowest BCUT2D eigenvalue weighted by atomic mass is 10.0. The Morgan fingerprint density at radius 3 is 2.54 bits per heavy atom. The van der Waals surface area contributed by atoms with Gasteiger partial charge in [0.05, 0.1) is 0 Å². The van der Waals surface area contributed by atoms with Crippen molar-refractivity contribution in [1.82, 2.24) is 0 Å². The topological polar surface area (TPSA) is 49.7 Å². The molecule has 24 heavy (non-hydrogen) atoms. The molecule has 2 aromatic rings. The van der Waals surface area contributed by atoms with Crippen LogP contribution in [0.5, 0.6) is 0 Å². The van der Waals surface area contributed by atoms with E-state index < -0.39 is 0 Å². The lowest BCUT2D eigenvalue weighted by Crippen LogP contribution is -2.10. The van der Waals surface area contributed by atoms with Crippen molar-refractivity contribution in [2.24, 2.45) is 5.16 Å². The Kier molecular flexibility index (Phi) is 7.56.